The van der Waals surface area contributed by atoms with Crippen LogP contribution in [0, 0.1) is 28.4 Å². The molecule has 0 aliphatic rings. The highest BCUT2D eigenvalue weighted by Gasteiger charge is 2.45. The number of hydrogen-bond acceptors (Lipinski definition) is 11. The van der Waals surface area contributed by atoms with Gasteiger partial charge < -0.3 is 10.1 Å². The summed E-state index contributed by atoms with van der Waals surface area (Å²) in [6.07, 6.45) is 10.0. The lowest BCUT2D eigenvalue weighted by molar-refractivity contribution is -0.144. The third-order valence-electron chi connectivity index (χ3n) is 5.84. The minimum atomic E-state index is -4.62. The molecule has 230 valence electrons. The number of nitrogens with zero attached hydrogens (tertiary/aromatic N) is 5. The summed E-state index contributed by atoms with van der Waals surface area (Å²) < 4.78 is 66.4. The molecule has 1 heterocycles. The highest BCUT2D eigenvalue weighted by Crippen LogP contribution is 2.55. The molecule has 2 rings (SSSR count). The molecule has 0 bridgehead atoms. The summed E-state index contributed by atoms with van der Waals surface area (Å²) in [5.41, 5.74) is -2.17. The number of carbonyl (C=O) groups excluding carboxylic acids is 1. The molecule has 0 amide bonds. The van der Waals surface area contributed by atoms with Crippen LogP contribution in [-0.4, -0.2) is 59.5 Å². The second-order valence-electron chi connectivity index (χ2n) is 9.17. The number of halogens is 2. The predicted molar refractivity (Wildman–Crippen MR) is 150 cm³/mol. The molecule has 2 unspecified atom stereocenters. The van der Waals surface area contributed by atoms with Crippen molar-refractivity contribution in [3.63, 3.8) is 0 Å². The quantitative estimate of drug-likeness (QED) is 0.0781. The largest absolute Gasteiger partial charge is 0.475 e. The monoisotopic (exact) mass is 610 g/mol. The lowest BCUT2D eigenvalue weighted by Gasteiger charge is -2.35. The minimum Gasteiger partial charge on any atom is -0.463 e. The van der Waals surface area contributed by atoms with E-state index in [1.165, 1.54) is 23.6 Å². The van der Waals surface area contributed by atoms with Crippen molar-refractivity contribution < 1.29 is 36.4 Å². The molecule has 0 saturated heterocycles. The summed E-state index contributed by atoms with van der Waals surface area (Å²) in [4.78, 5) is 20.2. The summed E-state index contributed by atoms with van der Waals surface area (Å²) in [5, 5.41) is 20.2. The number of nitrogens with one attached hydrogen (secondary N) is 1. The predicted octanol–water partition coefficient (Wildman–Crippen LogP) is 5.54. The van der Waals surface area contributed by atoms with Gasteiger partial charge in [-0.3, -0.25) is 23.4 Å². The van der Waals surface area contributed by atoms with E-state index in [2.05, 4.69) is 22.0 Å². The van der Waals surface area contributed by atoms with Crippen LogP contribution in [0.1, 0.15) is 63.9 Å². The van der Waals surface area contributed by atoms with Crippen LogP contribution in [0.25, 0.3) is 0 Å². The van der Waals surface area contributed by atoms with Gasteiger partial charge in [-0.15, -0.1) is 0 Å². The molecular formula is C27H37F2N6O6P. The highest BCUT2D eigenvalue weighted by atomic mass is 31.2. The third kappa shape index (κ3) is 12.2. The van der Waals surface area contributed by atoms with Crippen molar-refractivity contribution in [3.8, 4) is 6.07 Å². The Labute approximate surface area is 244 Å². The fraction of sp³-hybridized carbons (Fsp3) is 0.556. The zero-order valence-electron chi connectivity index (χ0n) is 23.6. The number of unbranched alkanes of at least 4 members (excludes halogenated alkanes) is 4. The Kier molecular flexibility index (Phi) is 15.7. The number of aromatic nitrogens is 3. The Morgan fingerprint density at radius 2 is 2.00 bits per heavy atom. The molecular weight excluding hydrogens is 573 g/mol. The van der Waals surface area contributed by atoms with Crippen molar-refractivity contribution in [1.29, 1.82) is 10.7 Å². The Morgan fingerprint density at radius 3 is 2.69 bits per heavy atom. The van der Waals surface area contributed by atoms with E-state index in [0.717, 1.165) is 44.0 Å². The number of ether oxygens (including phenoxy) is 1. The molecule has 0 saturated carbocycles. The molecule has 42 heavy (non-hydrogen) atoms. The molecule has 0 aliphatic heterocycles. The molecule has 0 fully saturated rings. The van der Waals surface area contributed by atoms with E-state index in [-0.39, 0.29) is 51.1 Å². The van der Waals surface area contributed by atoms with Gasteiger partial charge in [0.05, 0.1) is 38.8 Å². The second-order valence-corrected chi connectivity index (χ2v) is 10.8. The lowest BCUT2D eigenvalue weighted by Crippen LogP contribution is -2.39. The summed E-state index contributed by atoms with van der Waals surface area (Å²) in [6, 6.07) is 4.62. The van der Waals surface area contributed by atoms with Gasteiger partial charge in [-0.1, -0.05) is 38.7 Å². The van der Waals surface area contributed by atoms with Crippen LogP contribution >= 0.6 is 7.82 Å². The maximum atomic E-state index is 15.3. The first-order chi connectivity index (χ1) is 20.3. The minimum absolute atomic E-state index is 0.155. The van der Waals surface area contributed by atoms with Gasteiger partial charge in [0.25, 0.3) is 0 Å². The van der Waals surface area contributed by atoms with E-state index < -0.39 is 37.6 Å². The summed E-state index contributed by atoms with van der Waals surface area (Å²) in [6.45, 7) is 0.411. The number of phosphoric acid groups is 1. The fourth-order valence-corrected chi connectivity index (χ4v) is 5.29. The Bertz CT molecular complexity index is 1230. The third-order valence-corrected chi connectivity index (χ3v) is 7.41. The summed E-state index contributed by atoms with van der Waals surface area (Å²) in [7, 11) is -4.62. The van der Waals surface area contributed by atoms with Gasteiger partial charge >= 0.3 is 13.8 Å². The number of esters is 1. The molecule has 2 aromatic rings. The van der Waals surface area contributed by atoms with E-state index in [9.17, 15) is 13.8 Å². The summed E-state index contributed by atoms with van der Waals surface area (Å²) >= 11 is 0. The average Bonchev–Trinajstić information content (AvgIpc) is 3.46. The normalized spacial score (nSPS) is 14.2. The molecule has 0 aliphatic carbocycles. The van der Waals surface area contributed by atoms with Gasteiger partial charge in [-0.2, -0.15) is 10.4 Å². The topological polar surface area (TPSA) is 162 Å². The van der Waals surface area contributed by atoms with Gasteiger partial charge in [0.2, 0.25) is 0 Å². The maximum Gasteiger partial charge on any atom is 0.475 e. The van der Waals surface area contributed by atoms with Gasteiger partial charge in [-0.25, -0.2) is 23.0 Å². The highest BCUT2D eigenvalue weighted by molar-refractivity contribution is 7.48. The van der Waals surface area contributed by atoms with Gasteiger partial charge in [0.1, 0.15) is 36.5 Å². The Balaban J connectivity index is 2.32. The van der Waals surface area contributed by atoms with Crippen molar-refractivity contribution >= 4 is 26.2 Å². The van der Waals surface area contributed by atoms with Crippen LogP contribution in [0.3, 0.4) is 0 Å². The van der Waals surface area contributed by atoms with E-state index in [1.54, 1.807) is 0 Å². The number of aliphatic imine (C=N–C) groups is 1. The van der Waals surface area contributed by atoms with Crippen molar-refractivity contribution in [2.24, 2.45) is 4.99 Å². The number of phosphoric ester groups is 1. The molecule has 1 aromatic carbocycles. The van der Waals surface area contributed by atoms with Crippen LogP contribution in [0.5, 0.6) is 0 Å². The molecule has 2 atom stereocenters. The average molecular weight is 611 g/mol. The molecule has 1 aromatic heterocycles. The molecule has 1 N–H and O–H groups in total. The van der Waals surface area contributed by atoms with Gasteiger partial charge in [-0.05, 0) is 12.5 Å². The molecule has 0 radical (unpaired) electrons. The molecule has 12 nitrogen and oxygen atoms in total. The zero-order chi connectivity index (χ0) is 30.7. The molecule has 0 spiro atoms. The van der Waals surface area contributed by atoms with Crippen LogP contribution < -0.4 is 0 Å². The number of rotatable bonds is 22. The first kappa shape index (κ1) is 34.8. The van der Waals surface area contributed by atoms with Crippen LogP contribution in [0.2, 0.25) is 0 Å². The van der Waals surface area contributed by atoms with Gasteiger partial charge in [0.15, 0.2) is 0 Å². The van der Waals surface area contributed by atoms with E-state index in [1.807, 2.05) is 6.07 Å². The number of carbonyl (C=O) groups is 1. The van der Waals surface area contributed by atoms with E-state index in [4.69, 9.17) is 29.0 Å². The SMILES string of the molecule is CCCCCCCC(=O)OCCOP(=O)(OCCC#N)OC(CN=CCC=N)(Cn1cncn1)c1ccc(F)cc1F. The van der Waals surface area contributed by atoms with Crippen molar-refractivity contribution in [2.45, 2.75) is 70.4 Å². The second kappa shape index (κ2) is 18.9. The zero-order valence-corrected chi connectivity index (χ0v) is 24.5. The van der Waals surface area contributed by atoms with Crippen molar-refractivity contribution in [2.75, 3.05) is 26.4 Å². The summed E-state index contributed by atoms with van der Waals surface area (Å²) in [5.74, 6) is -2.31. The Morgan fingerprint density at radius 1 is 1.21 bits per heavy atom. The first-order valence-corrected chi connectivity index (χ1v) is 15.1. The van der Waals surface area contributed by atoms with Gasteiger partial charge in [0, 0.05) is 36.9 Å². The number of nitriles is 1. The van der Waals surface area contributed by atoms with Crippen LogP contribution in [0.4, 0.5) is 8.78 Å². The number of benzene rings is 1. The smallest absolute Gasteiger partial charge is 0.463 e. The Hall–Kier alpha value is -3.37. The van der Waals surface area contributed by atoms with E-state index >= 15 is 4.39 Å². The first-order valence-electron chi connectivity index (χ1n) is 13.6. The van der Waals surface area contributed by atoms with Crippen LogP contribution in [0.15, 0.2) is 35.8 Å². The van der Waals surface area contributed by atoms with Crippen molar-refractivity contribution in [3.05, 3.63) is 48.1 Å². The lowest BCUT2D eigenvalue weighted by atomic mass is 9.93. The standard InChI is InChI=1S/C27H37F2N6O6P/c1-2-3-4-5-6-9-26(36)38-16-17-40-42(37,39-15-8-13-31)41-27(19-32-14-7-12-30,20-35-22-33-21-34-35)24-11-10-23(28)18-25(24)29/h10-12,14,18,21-22,30H,2-9,15-17,19-20H2,1H3. The van der Waals surface area contributed by atoms with Crippen molar-refractivity contribution in [1.82, 2.24) is 14.8 Å². The maximum absolute atomic E-state index is 15.3. The van der Waals surface area contributed by atoms with Crippen LogP contribution in [-0.2, 0) is 39.8 Å². The number of hydrogen-bond donors (Lipinski definition) is 1. The van der Waals surface area contributed by atoms with E-state index in [0.29, 0.717) is 12.5 Å². The molecule has 15 heteroatoms. The fourth-order valence-electron chi connectivity index (χ4n) is 3.86.